The highest BCUT2D eigenvalue weighted by atomic mass is 16.5. The van der Waals surface area contributed by atoms with Crippen molar-refractivity contribution in [3.8, 4) is 11.3 Å². The largest absolute Gasteiger partial charge is 0.464 e. The summed E-state index contributed by atoms with van der Waals surface area (Å²) in [7, 11) is 1.30. The Morgan fingerprint density at radius 3 is 2.52 bits per heavy atom. The van der Waals surface area contributed by atoms with Crippen LogP contribution in [0.25, 0.3) is 11.3 Å². The van der Waals surface area contributed by atoms with Crippen LogP contribution in [0.2, 0.25) is 0 Å². The molecule has 29 heavy (non-hydrogen) atoms. The average molecular weight is 397 g/mol. The molecule has 3 heterocycles. The number of ether oxygens (including phenoxy) is 1. The number of hydrogen-bond donors (Lipinski definition) is 0. The van der Waals surface area contributed by atoms with Gasteiger partial charge in [0.15, 0.2) is 17.8 Å². The molecular formula is C22H27N3O4. The van der Waals surface area contributed by atoms with E-state index in [1.54, 1.807) is 12.1 Å². The molecule has 4 rings (SSSR count). The van der Waals surface area contributed by atoms with Crippen LogP contribution < -0.4 is 0 Å². The van der Waals surface area contributed by atoms with E-state index in [-0.39, 0.29) is 17.4 Å². The SMILES string of the molecule is COC(=O)c1ncoc1-c1ccccc1C(=O)N1CCC(N2CCCCC2)CC1. The quantitative estimate of drug-likeness (QED) is 0.738. The van der Waals surface area contributed by atoms with Gasteiger partial charge in [-0.3, -0.25) is 4.79 Å². The molecule has 0 spiro atoms. The van der Waals surface area contributed by atoms with Gasteiger partial charge in [0.2, 0.25) is 0 Å². The van der Waals surface area contributed by atoms with Gasteiger partial charge in [-0.2, -0.15) is 0 Å². The van der Waals surface area contributed by atoms with Crippen LogP contribution >= 0.6 is 0 Å². The molecule has 0 saturated carbocycles. The highest BCUT2D eigenvalue weighted by molar-refractivity contribution is 6.03. The lowest BCUT2D eigenvalue weighted by Gasteiger charge is -2.40. The molecule has 0 bridgehead atoms. The predicted octanol–water partition coefficient (Wildman–Crippen LogP) is 3.22. The molecule has 2 aliphatic heterocycles. The zero-order chi connectivity index (χ0) is 20.2. The summed E-state index contributed by atoms with van der Waals surface area (Å²) in [5, 5.41) is 0. The van der Waals surface area contributed by atoms with E-state index in [0.717, 1.165) is 25.9 Å². The van der Waals surface area contributed by atoms with E-state index in [1.807, 2.05) is 17.0 Å². The average Bonchev–Trinajstić information content (AvgIpc) is 3.28. The smallest absolute Gasteiger partial charge is 0.360 e. The molecule has 2 aliphatic rings. The first-order valence-electron chi connectivity index (χ1n) is 10.3. The standard InChI is InChI=1S/C22H27N3O4/c1-28-22(27)19-20(29-15-23-19)17-7-3-4-8-18(17)21(26)25-13-9-16(10-14-25)24-11-5-2-6-12-24/h3-4,7-8,15-16H,2,5-6,9-14H2,1H3. The van der Waals surface area contributed by atoms with Crippen molar-refractivity contribution in [3.05, 3.63) is 41.9 Å². The third kappa shape index (κ3) is 4.05. The normalized spacial score (nSPS) is 18.6. The highest BCUT2D eigenvalue weighted by Gasteiger charge is 2.30. The second-order valence-electron chi connectivity index (χ2n) is 7.69. The van der Waals surface area contributed by atoms with Crippen molar-refractivity contribution in [2.45, 2.75) is 38.1 Å². The van der Waals surface area contributed by atoms with E-state index in [1.165, 1.54) is 45.9 Å². The number of carbonyl (C=O) groups excluding carboxylic acids is 2. The van der Waals surface area contributed by atoms with Crippen LogP contribution in [-0.2, 0) is 4.74 Å². The van der Waals surface area contributed by atoms with Gasteiger partial charge in [-0.1, -0.05) is 24.6 Å². The number of piperidine rings is 2. The Labute approximate surface area is 170 Å². The van der Waals surface area contributed by atoms with Gasteiger partial charge in [0, 0.05) is 24.7 Å². The summed E-state index contributed by atoms with van der Waals surface area (Å²) < 4.78 is 10.2. The number of oxazole rings is 1. The summed E-state index contributed by atoms with van der Waals surface area (Å²) in [6.45, 7) is 3.86. The second-order valence-corrected chi connectivity index (χ2v) is 7.69. The Kier molecular flexibility index (Phi) is 5.94. The number of likely N-dealkylation sites (tertiary alicyclic amines) is 2. The first-order chi connectivity index (χ1) is 14.2. The van der Waals surface area contributed by atoms with Crippen molar-refractivity contribution in [2.24, 2.45) is 0 Å². The van der Waals surface area contributed by atoms with Crippen LogP contribution in [0.3, 0.4) is 0 Å². The maximum atomic E-state index is 13.3. The summed E-state index contributed by atoms with van der Waals surface area (Å²) in [6, 6.07) is 7.78. The monoisotopic (exact) mass is 397 g/mol. The van der Waals surface area contributed by atoms with Crippen molar-refractivity contribution in [2.75, 3.05) is 33.3 Å². The molecule has 1 aromatic heterocycles. The molecule has 7 heteroatoms. The fraction of sp³-hybridized carbons (Fsp3) is 0.500. The van der Waals surface area contributed by atoms with Crippen LogP contribution in [-0.4, -0.2) is 66.0 Å². The first kappa shape index (κ1) is 19.6. The van der Waals surface area contributed by atoms with Crippen LogP contribution in [0.1, 0.15) is 53.0 Å². The van der Waals surface area contributed by atoms with E-state index >= 15 is 0 Å². The summed E-state index contributed by atoms with van der Waals surface area (Å²) in [6.07, 6.45) is 7.11. The first-order valence-corrected chi connectivity index (χ1v) is 10.3. The highest BCUT2D eigenvalue weighted by Crippen LogP contribution is 2.29. The molecule has 1 aromatic carbocycles. The molecule has 7 nitrogen and oxygen atoms in total. The minimum absolute atomic E-state index is 0.0371. The minimum Gasteiger partial charge on any atom is -0.464 e. The van der Waals surface area contributed by atoms with Gasteiger partial charge in [-0.05, 0) is 44.8 Å². The topological polar surface area (TPSA) is 75.9 Å². The third-order valence-corrected chi connectivity index (χ3v) is 6.01. The predicted molar refractivity (Wildman–Crippen MR) is 108 cm³/mol. The Morgan fingerprint density at radius 2 is 1.79 bits per heavy atom. The summed E-state index contributed by atoms with van der Waals surface area (Å²) in [5.41, 5.74) is 1.16. The lowest BCUT2D eigenvalue weighted by Crippen LogP contribution is -2.48. The maximum absolute atomic E-state index is 13.3. The fourth-order valence-corrected chi connectivity index (χ4v) is 4.43. The van der Waals surface area contributed by atoms with Gasteiger partial charge in [0.25, 0.3) is 5.91 Å². The lowest BCUT2D eigenvalue weighted by molar-refractivity contribution is 0.0582. The minimum atomic E-state index is -0.585. The number of carbonyl (C=O) groups is 2. The Hall–Kier alpha value is -2.67. The molecule has 0 atom stereocenters. The van der Waals surface area contributed by atoms with Crippen LogP contribution in [0.15, 0.2) is 35.1 Å². The Morgan fingerprint density at radius 1 is 1.07 bits per heavy atom. The molecular weight excluding hydrogens is 370 g/mol. The van der Waals surface area contributed by atoms with Gasteiger partial charge >= 0.3 is 5.97 Å². The Balaban J connectivity index is 1.51. The van der Waals surface area contributed by atoms with Crippen molar-refractivity contribution < 1.29 is 18.7 Å². The summed E-state index contributed by atoms with van der Waals surface area (Å²) >= 11 is 0. The van der Waals surface area contributed by atoms with E-state index < -0.39 is 5.97 Å². The number of esters is 1. The van der Waals surface area contributed by atoms with Gasteiger partial charge in [0.05, 0.1) is 12.7 Å². The van der Waals surface area contributed by atoms with Crippen molar-refractivity contribution in [1.29, 1.82) is 0 Å². The van der Waals surface area contributed by atoms with E-state index in [2.05, 4.69) is 9.88 Å². The van der Waals surface area contributed by atoms with E-state index in [0.29, 0.717) is 17.2 Å². The number of amides is 1. The molecule has 2 saturated heterocycles. The molecule has 0 N–H and O–H groups in total. The molecule has 0 radical (unpaired) electrons. The van der Waals surface area contributed by atoms with E-state index in [4.69, 9.17) is 9.15 Å². The number of hydrogen-bond acceptors (Lipinski definition) is 6. The summed E-state index contributed by atoms with van der Waals surface area (Å²) in [5.74, 6) is -0.354. The number of nitrogens with zero attached hydrogens (tertiary/aromatic N) is 3. The second kappa shape index (κ2) is 8.78. The Bertz CT molecular complexity index is 864. The number of aromatic nitrogens is 1. The zero-order valence-electron chi connectivity index (χ0n) is 16.8. The van der Waals surface area contributed by atoms with Crippen molar-refractivity contribution in [1.82, 2.24) is 14.8 Å². The maximum Gasteiger partial charge on any atom is 0.360 e. The van der Waals surface area contributed by atoms with Gasteiger partial charge in [-0.25, -0.2) is 9.78 Å². The molecule has 2 fully saturated rings. The van der Waals surface area contributed by atoms with Crippen molar-refractivity contribution in [3.63, 3.8) is 0 Å². The number of rotatable bonds is 4. The fourth-order valence-electron chi connectivity index (χ4n) is 4.43. The van der Waals surface area contributed by atoms with Crippen LogP contribution in [0, 0.1) is 0 Å². The lowest BCUT2D eigenvalue weighted by atomic mass is 9.98. The molecule has 2 aromatic rings. The zero-order valence-corrected chi connectivity index (χ0v) is 16.8. The van der Waals surface area contributed by atoms with Gasteiger partial charge in [0.1, 0.15) is 0 Å². The molecule has 0 aliphatic carbocycles. The van der Waals surface area contributed by atoms with Gasteiger partial charge in [-0.15, -0.1) is 0 Å². The van der Waals surface area contributed by atoms with E-state index in [9.17, 15) is 9.59 Å². The third-order valence-electron chi connectivity index (χ3n) is 6.01. The van der Waals surface area contributed by atoms with Gasteiger partial charge < -0.3 is 19.0 Å². The number of methoxy groups -OCH3 is 1. The molecule has 1 amide bonds. The number of benzene rings is 1. The molecule has 154 valence electrons. The summed E-state index contributed by atoms with van der Waals surface area (Å²) in [4.78, 5) is 33.7. The molecule has 0 unspecified atom stereocenters. The van der Waals surface area contributed by atoms with Crippen LogP contribution in [0.4, 0.5) is 0 Å². The van der Waals surface area contributed by atoms with Crippen molar-refractivity contribution >= 4 is 11.9 Å². The van der Waals surface area contributed by atoms with Crippen LogP contribution in [0.5, 0.6) is 0 Å².